The van der Waals surface area contributed by atoms with E-state index in [1.165, 1.54) is 0 Å². The Kier molecular flexibility index (Phi) is 3.98. The molecule has 118 valence electrons. The molecule has 2 saturated heterocycles. The van der Waals surface area contributed by atoms with Gasteiger partial charge in [0.2, 0.25) is 0 Å². The van der Waals surface area contributed by atoms with E-state index in [4.69, 9.17) is 0 Å². The molecule has 2 N–H and O–H groups in total. The normalized spacial score (nSPS) is 29.2. The van der Waals surface area contributed by atoms with E-state index >= 15 is 0 Å². The SMILES string of the molecule is CCN(C1CC2CCC(C1)N2)S(=O)(=O)c1sc(=O)[nH]c1C. The van der Waals surface area contributed by atoms with Gasteiger partial charge in [-0.15, -0.1) is 0 Å². The molecule has 8 heteroatoms. The fourth-order valence-electron chi connectivity index (χ4n) is 3.63. The monoisotopic (exact) mass is 331 g/mol. The van der Waals surface area contributed by atoms with Crippen LogP contribution in [0, 0.1) is 6.92 Å². The second kappa shape index (κ2) is 5.49. The molecule has 2 bridgehead atoms. The molecule has 1 aromatic heterocycles. The molecule has 21 heavy (non-hydrogen) atoms. The van der Waals surface area contributed by atoms with Gasteiger partial charge in [0.1, 0.15) is 0 Å². The van der Waals surface area contributed by atoms with Crippen molar-refractivity contribution in [2.45, 2.75) is 61.9 Å². The molecular weight excluding hydrogens is 310 g/mol. The topological polar surface area (TPSA) is 82.3 Å². The number of sulfonamides is 1. The number of nitrogens with one attached hydrogen (secondary N) is 2. The van der Waals surface area contributed by atoms with Crippen LogP contribution in [-0.4, -0.2) is 42.4 Å². The third kappa shape index (κ3) is 2.69. The Labute approximate surface area is 128 Å². The lowest BCUT2D eigenvalue weighted by atomic mass is 10.00. The van der Waals surface area contributed by atoms with E-state index in [1.54, 1.807) is 11.2 Å². The summed E-state index contributed by atoms with van der Waals surface area (Å²) in [6, 6.07) is 0.906. The van der Waals surface area contributed by atoms with Crippen LogP contribution < -0.4 is 10.2 Å². The van der Waals surface area contributed by atoms with Gasteiger partial charge < -0.3 is 10.3 Å². The molecule has 2 aliphatic rings. The fraction of sp³-hybridized carbons (Fsp3) is 0.769. The number of hydrogen-bond donors (Lipinski definition) is 2. The third-order valence-corrected chi connectivity index (χ3v) is 8.10. The predicted molar refractivity (Wildman–Crippen MR) is 82.2 cm³/mol. The minimum atomic E-state index is -3.59. The molecule has 0 aliphatic carbocycles. The first-order chi connectivity index (χ1) is 9.91. The van der Waals surface area contributed by atoms with Crippen LogP contribution in [0.25, 0.3) is 0 Å². The van der Waals surface area contributed by atoms with E-state index in [0.717, 1.165) is 37.0 Å². The second-order valence-electron chi connectivity index (χ2n) is 5.90. The second-order valence-corrected chi connectivity index (χ2v) is 8.97. The summed E-state index contributed by atoms with van der Waals surface area (Å²) in [5.74, 6) is 0. The van der Waals surface area contributed by atoms with Crippen molar-refractivity contribution in [1.29, 1.82) is 0 Å². The first-order valence-electron chi connectivity index (χ1n) is 7.39. The van der Waals surface area contributed by atoms with Gasteiger partial charge in [-0.1, -0.05) is 18.3 Å². The minimum Gasteiger partial charge on any atom is -0.315 e. The fourth-order valence-corrected chi connectivity index (χ4v) is 6.70. The third-order valence-electron chi connectivity index (χ3n) is 4.49. The minimum absolute atomic E-state index is 0.0374. The van der Waals surface area contributed by atoms with Crippen LogP contribution in [0.4, 0.5) is 0 Å². The van der Waals surface area contributed by atoms with Crippen LogP contribution in [-0.2, 0) is 10.0 Å². The van der Waals surface area contributed by atoms with E-state index in [2.05, 4.69) is 10.3 Å². The number of nitrogens with zero attached hydrogens (tertiary/aromatic N) is 1. The average Bonchev–Trinajstić information content (AvgIpc) is 2.92. The van der Waals surface area contributed by atoms with Crippen molar-refractivity contribution in [2.75, 3.05) is 6.54 Å². The number of fused-ring (bicyclic) bond motifs is 2. The highest BCUT2D eigenvalue weighted by molar-refractivity contribution is 7.91. The van der Waals surface area contributed by atoms with Crippen LogP contribution in [0.3, 0.4) is 0 Å². The number of hydrogen-bond acceptors (Lipinski definition) is 5. The zero-order valence-electron chi connectivity index (χ0n) is 12.3. The number of thiazole rings is 1. The maximum absolute atomic E-state index is 12.9. The zero-order valence-corrected chi connectivity index (χ0v) is 13.9. The predicted octanol–water partition coefficient (Wildman–Crippen LogP) is 1.04. The molecule has 3 heterocycles. The summed E-state index contributed by atoms with van der Waals surface area (Å²) in [6.07, 6.45) is 3.99. The lowest BCUT2D eigenvalue weighted by Gasteiger charge is -2.36. The highest BCUT2D eigenvalue weighted by Crippen LogP contribution is 2.33. The zero-order chi connectivity index (χ0) is 15.2. The number of rotatable bonds is 4. The van der Waals surface area contributed by atoms with Crippen molar-refractivity contribution >= 4 is 21.4 Å². The summed E-state index contributed by atoms with van der Waals surface area (Å²) < 4.78 is 27.5. The summed E-state index contributed by atoms with van der Waals surface area (Å²) >= 11 is 0.790. The van der Waals surface area contributed by atoms with E-state index in [9.17, 15) is 13.2 Å². The maximum atomic E-state index is 12.9. The molecule has 0 spiro atoms. The van der Waals surface area contributed by atoms with Crippen molar-refractivity contribution in [2.24, 2.45) is 0 Å². The molecule has 0 amide bonds. The van der Waals surface area contributed by atoms with Gasteiger partial charge in [0.05, 0.1) is 0 Å². The molecule has 0 aromatic carbocycles. The number of aromatic nitrogens is 1. The van der Waals surface area contributed by atoms with Crippen molar-refractivity contribution in [1.82, 2.24) is 14.6 Å². The van der Waals surface area contributed by atoms with Gasteiger partial charge in [-0.3, -0.25) is 4.79 Å². The van der Waals surface area contributed by atoms with E-state index in [1.807, 2.05) is 6.92 Å². The maximum Gasteiger partial charge on any atom is 0.305 e. The van der Waals surface area contributed by atoms with Crippen LogP contribution in [0.1, 0.15) is 38.3 Å². The van der Waals surface area contributed by atoms with Gasteiger partial charge in [-0.2, -0.15) is 4.31 Å². The first kappa shape index (κ1) is 15.2. The Morgan fingerprint density at radius 2 is 1.90 bits per heavy atom. The molecule has 6 nitrogen and oxygen atoms in total. The Morgan fingerprint density at radius 3 is 2.38 bits per heavy atom. The van der Waals surface area contributed by atoms with Crippen LogP contribution in [0.2, 0.25) is 0 Å². The van der Waals surface area contributed by atoms with Gasteiger partial charge in [0.15, 0.2) is 4.21 Å². The van der Waals surface area contributed by atoms with Gasteiger partial charge in [-0.05, 0) is 32.6 Å². The Morgan fingerprint density at radius 1 is 1.29 bits per heavy atom. The summed E-state index contributed by atoms with van der Waals surface area (Å²) in [4.78, 5) is 13.7. The van der Waals surface area contributed by atoms with Gasteiger partial charge >= 0.3 is 4.87 Å². The summed E-state index contributed by atoms with van der Waals surface area (Å²) in [5, 5.41) is 3.53. The molecule has 2 unspecified atom stereocenters. The summed E-state index contributed by atoms with van der Waals surface area (Å²) in [5.41, 5.74) is 0.445. The molecule has 2 atom stereocenters. The van der Waals surface area contributed by atoms with Crippen LogP contribution in [0.5, 0.6) is 0 Å². The van der Waals surface area contributed by atoms with E-state index < -0.39 is 10.0 Å². The Balaban J connectivity index is 1.92. The molecule has 0 radical (unpaired) electrons. The summed E-state index contributed by atoms with van der Waals surface area (Å²) in [6.45, 7) is 3.95. The van der Waals surface area contributed by atoms with Crippen LogP contribution >= 0.6 is 11.3 Å². The van der Waals surface area contributed by atoms with Gasteiger partial charge in [-0.25, -0.2) is 8.42 Å². The Hall–Kier alpha value is -0.700. The number of H-pyrrole nitrogens is 1. The lowest BCUT2D eigenvalue weighted by Crippen LogP contribution is -2.50. The highest BCUT2D eigenvalue weighted by atomic mass is 32.2. The standard InChI is InChI=1S/C13H21N3O3S2/c1-3-16(11-6-9-4-5-10(7-11)15-9)21(18,19)12-8(2)14-13(17)20-12/h9-11,15H,3-7H2,1-2H3,(H,14,17). The molecule has 3 rings (SSSR count). The molecular formula is C13H21N3O3S2. The molecule has 2 aliphatic heterocycles. The van der Waals surface area contributed by atoms with Crippen molar-refractivity contribution in [3.63, 3.8) is 0 Å². The Bertz CT molecular complexity index is 667. The lowest BCUT2D eigenvalue weighted by molar-refractivity contribution is 0.232. The number of aromatic amines is 1. The largest absolute Gasteiger partial charge is 0.315 e. The van der Waals surface area contributed by atoms with Gasteiger partial charge in [0.25, 0.3) is 10.0 Å². The highest BCUT2D eigenvalue weighted by Gasteiger charge is 2.40. The number of aryl methyl sites for hydroxylation is 1. The summed E-state index contributed by atoms with van der Waals surface area (Å²) in [7, 11) is -3.59. The quantitative estimate of drug-likeness (QED) is 0.863. The van der Waals surface area contributed by atoms with Gasteiger partial charge in [0, 0.05) is 30.4 Å². The molecule has 0 saturated carbocycles. The first-order valence-corrected chi connectivity index (χ1v) is 9.65. The molecule has 1 aromatic rings. The van der Waals surface area contributed by atoms with Crippen molar-refractivity contribution in [3.8, 4) is 0 Å². The average molecular weight is 331 g/mol. The smallest absolute Gasteiger partial charge is 0.305 e. The van der Waals surface area contributed by atoms with E-state index in [-0.39, 0.29) is 15.1 Å². The number of piperidine rings is 1. The van der Waals surface area contributed by atoms with Crippen molar-refractivity contribution in [3.05, 3.63) is 15.4 Å². The van der Waals surface area contributed by atoms with Crippen molar-refractivity contribution < 1.29 is 8.42 Å². The van der Waals surface area contributed by atoms with E-state index in [0.29, 0.717) is 24.3 Å². The molecule has 2 fully saturated rings. The van der Waals surface area contributed by atoms with Crippen LogP contribution in [0.15, 0.2) is 9.00 Å².